The quantitative estimate of drug-likeness (QED) is 0.390. The number of carbonyl (C=O) groups is 2. The maximum absolute atomic E-state index is 13.5. The van der Waals surface area contributed by atoms with Gasteiger partial charge in [0.05, 0.1) is 11.6 Å². The molecule has 0 aliphatic carbocycles. The van der Waals surface area contributed by atoms with Crippen molar-refractivity contribution in [2.24, 2.45) is 4.99 Å². The number of pyridine rings is 1. The van der Waals surface area contributed by atoms with Crippen molar-refractivity contribution in [1.82, 2.24) is 10.3 Å². The molecule has 1 aromatic heterocycles. The smallest absolute Gasteiger partial charge is 0.258 e. The molecule has 1 heterocycles. The van der Waals surface area contributed by atoms with Crippen molar-refractivity contribution in [3.63, 3.8) is 0 Å². The van der Waals surface area contributed by atoms with E-state index in [1.165, 1.54) is 25.1 Å². The second-order valence-electron chi connectivity index (χ2n) is 6.95. The first-order valence-electron chi connectivity index (χ1n) is 9.67. The summed E-state index contributed by atoms with van der Waals surface area (Å²) >= 11 is 5.86. The third-order valence-electron chi connectivity index (χ3n) is 4.37. The van der Waals surface area contributed by atoms with Gasteiger partial charge in [-0.15, -0.1) is 0 Å². The first kappa shape index (κ1) is 22.9. The number of benzene rings is 2. The number of hydrogen-bond acceptors (Lipinski definition) is 4. The number of carbonyl (C=O) groups excluding carboxylic acids is 2. The van der Waals surface area contributed by atoms with Crippen LogP contribution in [0.15, 0.2) is 65.9 Å². The Morgan fingerprint density at radius 2 is 1.94 bits per heavy atom. The lowest BCUT2D eigenvalue weighted by Crippen LogP contribution is -2.36. The fraction of sp³-hybridized carbons (Fsp3) is 0.130. The minimum Gasteiger partial charge on any atom is -0.326 e. The lowest BCUT2D eigenvalue weighted by Gasteiger charge is -2.14. The number of aliphatic imine (C=N–C) groups is 1. The van der Waals surface area contributed by atoms with E-state index in [-0.39, 0.29) is 23.4 Å². The molecule has 0 fully saturated rings. The molecule has 7 nitrogen and oxygen atoms in total. The Labute approximate surface area is 189 Å². The summed E-state index contributed by atoms with van der Waals surface area (Å²) in [5, 5.41) is 8.30. The van der Waals surface area contributed by atoms with Gasteiger partial charge in [0.25, 0.3) is 5.91 Å². The lowest BCUT2D eigenvalue weighted by molar-refractivity contribution is -0.114. The minimum absolute atomic E-state index is 0.0635. The van der Waals surface area contributed by atoms with Gasteiger partial charge in [-0.3, -0.25) is 19.9 Å². The Kier molecular flexibility index (Phi) is 7.51. The summed E-state index contributed by atoms with van der Waals surface area (Å²) in [6.07, 6.45) is 3.32. The third-order valence-corrected chi connectivity index (χ3v) is 4.66. The molecular formula is C23H21ClFN5O2. The molecular weight excluding hydrogens is 433 g/mol. The van der Waals surface area contributed by atoms with E-state index in [1.54, 1.807) is 36.7 Å². The van der Waals surface area contributed by atoms with Gasteiger partial charge < -0.3 is 10.6 Å². The van der Waals surface area contributed by atoms with E-state index in [0.29, 0.717) is 16.9 Å². The predicted octanol–water partition coefficient (Wildman–Crippen LogP) is 4.54. The van der Waals surface area contributed by atoms with Gasteiger partial charge in [0.1, 0.15) is 5.82 Å². The number of anilines is 2. The van der Waals surface area contributed by atoms with Gasteiger partial charge in [0.2, 0.25) is 11.9 Å². The highest BCUT2D eigenvalue weighted by molar-refractivity contribution is 6.31. The summed E-state index contributed by atoms with van der Waals surface area (Å²) in [7, 11) is 0. The molecule has 3 N–H and O–H groups in total. The summed E-state index contributed by atoms with van der Waals surface area (Å²) in [5.41, 5.74) is 2.97. The molecule has 164 valence electrons. The maximum atomic E-state index is 13.5. The fourth-order valence-corrected chi connectivity index (χ4v) is 2.93. The second-order valence-corrected chi connectivity index (χ2v) is 7.35. The van der Waals surface area contributed by atoms with Crippen LogP contribution in [0.2, 0.25) is 5.02 Å². The number of rotatable bonds is 5. The standard InChI is InChI=1S/C23H21ClFN5O2/c1-14-5-6-17(10-21(14)28-15(2)31)22(32)30-23(27-13-16-4-3-9-26-12-16)29-18-7-8-20(25)19(24)11-18/h3-12H,13H2,1-2H3,(H,28,31)(H2,27,29,30,32). The van der Waals surface area contributed by atoms with Crippen molar-refractivity contribution in [2.75, 3.05) is 10.6 Å². The van der Waals surface area contributed by atoms with E-state index in [1.807, 2.05) is 13.0 Å². The third kappa shape index (κ3) is 6.36. The highest BCUT2D eigenvalue weighted by atomic mass is 35.5. The van der Waals surface area contributed by atoms with Crippen LogP contribution in [0.3, 0.4) is 0 Å². The normalized spacial score (nSPS) is 11.1. The van der Waals surface area contributed by atoms with Crippen LogP contribution in [0.1, 0.15) is 28.4 Å². The monoisotopic (exact) mass is 453 g/mol. The van der Waals surface area contributed by atoms with E-state index < -0.39 is 11.7 Å². The first-order valence-corrected chi connectivity index (χ1v) is 10.0. The molecule has 0 unspecified atom stereocenters. The van der Waals surface area contributed by atoms with Crippen molar-refractivity contribution in [1.29, 1.82) is 0 Å². The van der Waals surface area contributed by atoms with E-state index in [0.717, 1.165) is 11.1 Å². The van der Waals surface area contributed by atoms with E-state index in [2.05, 4.69) is 25.9 Å². The molecule has 0 bridgehead atoms. The minimum atomic E-state index is -0.555. The molecule has 3 aromatic rings. The fourth-order valence-electron chi connectivity index (χ4n) is 2.75. The lowest BCUT2D eigenvalue weighted by atomic mass is 10.1. The number of nitrogens with one attached hydrogen (secondary N) is 3. The van der Waals surface area contributed by atoms with Crippen LogP contribution < -0.4 is 16.0 Å². The van der Waals surface area contributed by atoms with Crippen LogP contribution >= 0.6 is 11.6 Å². The summed E-state index contributed by atoms with van der Waals surface area (Å²) in [4.78, 5) is 32.8. The van der Waals surface area contributed by atoms with E-state index >= 15 is 0 Å². The maximum Gasteiger partial charge on any atom is 0.258 e. The topological polar surface area (TPSA) is 95.5 Å². The molecule has 0 saturated carbocycles. The molecule has 2 amide bonds. The van der Waals surface area contributed by atoms with Crippen molar-refractivity contribution in [3.05, 3.63) is 88.5 Å². The number of nitrogens with zero attached hydrogens (tertiary/aromatic N) is 2. The average molecular weight is 454 g/mol. The number of aromatic nitrogens is 1. The summed E-state index contributed by atoms with van der Waals surface area (Å²) < 4.78 is 13.5. The summed E-state index contributed by atoms with van der Waals surface area (Å²) in [5.74, 6) is -1.09. The van der Waals surface area contributed by atoms with Crippen LogP contribution in [-0.2, 0) is 11.3 Å². The Balaban J connectivity index is 1.84. The molecule has 0 radical (unpaired) electrons. The average Bonchev–Trinajstić information content (AvgIpc) is 2.76. The Morgan fingerprint density at radius 1 is 1.12 bits per heavy atom. The number of guanidine groups is 1. The van der Waals surface area contributed by atoms with Gasteiger partial charge in [-0.25, -0.2) is 9.38 Å². The zero-order chi connectivity index (χ0) is 23.1. The summed E-state index contributed by atoms with van der Waals surface area (Å²) in [6.45, 7) is 3.47. The largest absolute Gasteiger partial charge is 0.326 e. The van der Waals surface area contributed by atoms with Crippen LogP contribution in [0.5, 0.6) is 0 Å². The zero-order valence-corrected chi connectivity index (χ0v) is 18.2. The SMILES string of the molecule is CC(=O)Nc1cc(C(=O)NC(=NCc2cccnc2)Nc2ccc(F)c(Cl)c2)ccc1C. The Bertz CT molecular complexity index is 1170. The van der Waals surface area contributed by atoms with Gasteiger partial charge in [0.15, 0.2) is 0 Å². The first-order chi connectivity index (χ1) is 15.3. The van der Waals surface area contributed by atoms with Gasteiger partial charge in [-0.05, 0) is 54.4 Å². The number of amides is 2. The van der Waals surface area contributed by atoms with Crippen molar-refractivity contribution in [2.45, 2.75) is 20.4 Å². The van der Waals surface area contributed by atoms with Gasteiger partial charge >= 0.3 is 0 Å². The number of aryl methyl sites for hydroxylation is 1. The second kappa shape index (κ2) is 10.5. The van der Waals surface area contributed by atoms with Crippen LogP contribution in [0.4, 0.5) is 15.8 Å². The molecule has 0 atom stereocenters. The van der Waals surface area contributed by atoms with E-state index in [4.69, 9.17) is 11.6 Å². The predicted molar refractivity (Wildman–Crippen MR) is 123 cm³/mol. The Morgan fingerprint density at radius 3 is 2.62 bits per heavy atom. The van der Waals surface area contributed by atoms with Crippen LogP contribution in [0, 0.1) is 12.7 Å². The molecule has 3 rings (SSSR count). The van der Waals surface area contributed by atoms with E-state index in [9.17, 15) is 14.0 Å². The van der Waals surface area contributed by atoms with Crippen LogP contribution in [0.25, 0.3) is 0 Å². The Hall–Kier alpha value is -3.78. The molecule has 32 heavy (non-hydrogen) atoms. The molecule has 0 aliphatic heterocycles. The van der Waals surface area contributed by atoms with Crippen molar-refractivity contribution < 1.29 is 14.0 Å². The van der Waals surface area contributed by atoms with Crippen molar-refractivity contribution in [3.8, 4) is 0 Å². The van der Waals surface area contributed by atoms with Gasteiger partial charge in [0, 0.05) is 36.3 Å². The molecule has 0 saturated heterocycles. The van der Waals surface area contributed by atoms with Gasteiger partial charge in [-0.2, -0.15) is 0 Å². The van der Waals surface area contributed by atoms with Crippen molar-refractivity contribution >= 4 is 40.7 Å². The van der Waals surface area contributed by atoms with Gasteiger partial charge in [-0.1, -0.05) is 23.7 Å². The number of halogens is 2. The molecule has 9 heteroatoms. The van der Waals surface area contributed by atoms with Crippen LogP contribution in [-0.4, -0.2) is 22.8 Å². The molecule has 2 aromatic carbocycles. The molecule has 0 spiro atoms. The number of hydrogen-bond donors (Lipinski definition) is 3. The summed E-state index contributed by atoms with van der Waals surface area (Å²) in [6, 6.07) is 12.7. The molecule has 0 aliphatic rings. The highest BCUT2D eigenvalue weighted by Crippen LogP contribution is 2.20. The highest BCUT2D eigenvalue weighted by Gasteiger charge is 2.13. The zero-order valence-electron chi connectivity index (χ0n) is 17.4.